The summed E-state index contributed by atoms with van der Waals surface area (Å²) in [6.45, 7) is 0. The smallest absolute Gasteiger partial charge is 0.138 e. The number of thiophene rings is 1. The number of benzene rings is 1. The van der Waals surface area contributed by atoms with E-state index in [0.717, 1.165) is 19.4 Å². The molecule has 0 aliphatic rings. The Labute approximate surface area is 96.6 Å². The minimum Gasteiger partial charge on any atom is -0.506 e. The van der Waals surface area contributed by atoms with Gasteiger partial charge in [0.15, 0.2) is 0 Å². The lowest BCUT2D eigenvalue weighted by Gasteiger charge is -1.91. The summed E-state index contributed by atoms with van der Waals surface area (Å²) in [6, 6.07) is 5.88. The zero-order chi connectivity index (χ0) is 9.42. The molecule has 2 aromatic rings. The van der Waals surface area contributed by atoms with Crippen molar-refractivity contribution >= 4 is 53.3 Å². The number of hydrogen-bond donors (Lipinski definition) is 1. The minimum atomic E-state index is 0.407. The molecule has 68 valence electrons. The summed E-state index contributed by atoms with van der Waals surface area (Å²) < 4.78 is 2.16. The molecule has 13 heavy (non-hydrogen) atoms. The van der Waals surface area contributed by atoms with Gasteiger partial charge in [-0.25, -0.2) is 0 Å². The van der Waals surface area contributed by atoms with Crippen LogP contribution in [-0.4, -0.2) is 5.11 Å². The van der Waals surface area contributed by atoms with E-state index in [9.17, 15) is 5.11 Å². The Morgan fingerprint density at radius 1 is 1.38 bits per heavy atom. The van der Waals surface area contributed by atoms with Crippen LogP contribution in [0.5, 0.6) is 5.75 Å². The van der Waals surface area contributed by atoms with Crippen molar-refractivity contribution < 1.29 is 5.11 Å². The average molecular weight is 322 g/mol. The van der Waals surface area contributed by atoms with Crippen LogP contribution in [0.15, 0.2) is 22.7 Å². The van der Waals surface area contributed by atoms with E-state index in [2.05, 4.69) is 31.9 Å². The maximum atomic E-state index is 9.75. The first-order chi connectivity index (χ1) is 6.22. The largest absolute Gasteiger partial charge is 0.506 e. The summed E-state index contributed by atoms with van der Waals surface area (Å²) in [6.07, 6.45) is 0. The standard InChI is InChI=1S/C9H6Br2OS/c10-4-8-9(12)6-2-1-5(11)3-7(6)13-8/h1-3,12H,4H2. The Bertz CT molecular complexity index is 450. The lowest BCUT2D eigenvalue weighted by molar-refractivity contribution is 0.480. The summed E-state index contributed by atoms with van der Waals surface area (Å²) in [5.41, 5.74) is 0. The summed E-state index contributed by atoms with van der Waals surface area (Å²) >= 11 is 8.36. The van der Waals surface area contributed by atoms with Gasteiger partial charge in [0.2, 0.25) is 0 Å². The van der Waals surface area contributed by atoms with Crippen LogP contribution in [0.2, 0.25) is 0 Å². The van der Waals surface area contributed by atoms with Gasteiger partial charge in [-0.15, -0.1) is 11.3 Å². The molecule has 4 heteroatoms. The second-order valence-corrected chi connectivity index (χ2v) is 5.26. The maximum absolute atomic E-state index is 9.75. The highest BCUT2D eigenvalue weighted by Crippen LogP contribution is 2.38. The van der Waals surface area contributed by atoms with Crippen molar-refractivity contribution in [3.05, 3.63) is 27.5 Å². The zero-order valence-electron chi connectivity index (χ0n) is 6.55. The SMILES string of the molecule is Oc1c(CBr)sc2cc(Br)ccc12. The summed E-state index contributed by atoms with van der Waals surface area (Å²) in [4.78, 5) is 0.980. The van der Waals surface area contributed by atoms with Crippen LogP contribution in [-0.2, 0) is 5.33 Å². The van der Waals surface area contributed by atoms with E-state index >= 15 is 0 Å². The highest BCUT2D eigenvalue weighted by Gasteiger charge is 2.09. The fourth-order valence-corrected chi connectivity index (χ4v) is 3.31. The third-order valence-electron chi connectivity index (χ3n) is 1.82. The van der Waals surface area contributed by atoms with Gasteiger partial charge in [0.05, 0.1) is 4.88 Å². The Kier molecular flexibility index (Phi) is 2.62. The van der Waals surface area contributed by atoms with Crippen molar-refractivity contribution in [3.8, 4) is 5.75 Å². The van der Waals surface area contributed by atoms with Crippen LogP contribution < -0.4 is 0 Å². The number of fused-ring (bicyclic) bond motifs is 1. The lowest BCUT2D eigenvalue weighted by Crippen LogP contribution is -1.67. The molecule has 1 heterocycles. The third kappa shape index (κ3) is 1.63. The molecule has 1 aromatic carbocycles. The fraction of sp³-hybridized carbons (Fsp3) is 0.111. The third-order valence-corrected chi connectivity index (χ3v) is 4.38. The van der Waals surface area contributed by atoms with Crippen LogP contribution >= 0.6 is 43.2 Å². The molecule has 1 aromatic heterocycles. The van der Waals surface area contributed by atoms with Crippen molar-refractivity contribution in [2.75, 3.05) is 0 Å². The predicted molar refractivity (Wildman–Crippen MR) is 63.8 cm³/mol. The summed E-state index contributed by atoms with van der Waals surface area (Å²) in [5, 5.41) is 11.4. The van der Waals surface area contributed by atoms with Crippen LogP contribution in [0, 0.1) is 0 Å². The molecular formula is C9H6Br2OS. The summed E-state index contributed by atoms with van der Waals surface area (Å²) in [5.74, 6) is 0.407. The molecule has 0 aliphatic carbocycles. The van der Waals surface area contributed by atoms with Crippen molar-refractivity contribution in [3.63, 3.8) is 0 Å². The lowest BCUT2D eigenvalue weighted by atomic mass is 10.2. The maximum Gasteiger partial charge on any atom is 0.138 e. The van der Waals surface area contributed by atoms with Gasteiger partial charge in [-0.2, -0.15) is 0 Å². The van der Waals surface area contributed by atoms with Gasteiger partial charge in [-0.3, -0.25) is 0 Å². The molecule has 0 saturated carbocycles. The van der Waals surface area contributed by atoms with Crippen molar-refractivity contribution in [1.29, 1.82) is 0 Å². The van der Waals surface area contributed by atoms with Gasteiger partial charge in [0, 0.05) is 19.9 Å². The molecule has 0 saturated heterocycles. The van der Waals surface area contributed by atoms with Gasteiger partial charge in [0.1, 0.15) is 5.75 Å². The highest BCUT2D eigenvalue weighted by atomic mass is 79.9. The topological polar surface area (TPSA) is 20.2 Å². The van der Waals surface area contributed by atoms with E-state index in [1.807, 2.05) is 18.2 Å². The van der Waals surface area contributed by atoms with Crippen LogP contribution in [0.25, 0.3) is 10.1 Å². The zero-order valence-corrected chi connectivity index (χ0v) is 10.5. The second-order valence-electron chi connectivity index (χ2n) is 2.65. The van der Waals surface area contributed by atoms with Gasteiger partial charge in [0.25, 0.3) is 0 Å². The van der Waals surface area contributed by atoms with E-state index in [1.54, 1.807) is 11.3 Å². The molecule has 1 N–H and O–H groups in total. The molecule has 0 bridgehead atoms. The molecule has 2 rings (SSSR count). The molecule has 0 spiro atoms. The van der Waals surface area contributed by atoms with Gasteiger partial charge < -0.3 is 5.11 Å². The van der Waals surface area contributed by atoms with Crippen molar-refractivity contribution in [2.24, 2.45) is 0 Å². The fourth-order valence-electron chi connectivity index (χ4n) is 1.20. The first kappa shape index (κ1) is 9.49. The van der Waals surface area contributed by atoms with Crippen molar-refractivity contribution in [2.45, 2.75) is 5.33 Å². The Morgan fingerprint density at radius 2 is 2.15 bits per heavy atom. The quantitative estimate of drug-likeness (QED) is 0.778. The number of alkyl halides is 1. The van der Waals surface area contributed by atoms with Crippen LogP contribution in [0.1, 0.15) is 4.88 Å². The highest BCUT2D eigenvalue weighted by molar-refractivity contribution is 9.10. The molecule has 0 radical (unpaired) electrons. The molecule has 1 nitrogen and oxygen atoms in total. The minimum absolute atomic E-state index is 0.407. The van der Waals surface area contributed by atoms with Gasteiger partial charge in [-0.05, 0) is 18.2 Å². The Balaban J connectivity index is 2.76. The van der Waals surface area contributed by atoms with Crippen LogP contribution in [0.4, 0.5) is 0 Å². The Hall–Kier alpha value is -0.0600. The first-order valence-corrected chi connectivity index (χ1v) is 6.41. The number of halogens is 2. The predicted octanol–water partition coefficient (Wildman–Crippen LogP) is 4.26. The summed E-state index contributed by atoms with van der Waals surface area (Å²) in [7, 11) is 0. The molecular weight excluding hydrogens is 316 g/mol. The van der Waals surface area contributed by atoms with E-state index in [0.29, 0.717) is 11.1 Å². The van der Waals surface area contributed by atoms with E-state index in [1.165, 1.54) is 0 Å². The van der Waals surface area contributed by atoms with Gasteiger partial charge in [-0.1, -0.05) is 31.9 Å². The Morgan fingerprint density at radius 3 is 2.85 bits per heavy atom. The van der Waals surface area contributed by atoms with Crippen LogP contribution in [0.3, 0.4) is 0 Å². The molecule has 0 aliphatic heterocycles. The first-order valence-electron chi connectivity index (χ1n) is 3.68. The average Bonchev–Trinajstić information content (AvgIpc) is 2.42. The normalized spacial score (nSPS) is 10.9. The molecule has 0 amide bonds. The van der Waals surface area contributed by atoms with Gasteiger partial charge >= 0.3 is 0 Å². The molecule has 0 unspecified atom stereocenters. The van der Waals surface area contributed by atoms with E-state index in [-0.39, 0.29) is 0 Å². The van der Waals surface area contributed by atoms with E-state index < -0.39 is 0 Å². The molecule has 0 fully saturated rings. The monoisotopic (exact) mass is 320 g/mol. The van der Waals surface area contributed by atoms with E-state index in [4.69, 9.17) is 0 Å². The number of hydrogen-bond acceptors (Lipinski definition) is 2. The molecule has 0 atom stereocenters. The number of rotatable bonds is 1. The number of aromatic hydroxyl groups is 1. The van der Waals surface area contributed by atoms with Crippen molar-refractivity contribution in [1.82, 2.24) is 0 Å². The second kappa shape index (κ2) is 3.59.